The average molecular weight is 559 g/mol. The summed E-state index contributed by atoms with van der Waals surface area (Å²) >= 11 is 0. The van der Waals surface area contributed by atoms with Crippen LogP contribution in [0.5, 0.6) is 5.75 Å². The molecule has 0 aliphatic carbocycles. The monoisotopic (exact) mass is 558 g/mol. The highest BCUT2D eigenvalue weighted by Gasteiger charge is 2.32. The van der Waals surface area contributed by atoms with E-state index in [0.29, 0.717) is 68.7 Å². The average Bonchev–Trinajstić information content (AvgIpc) is 3.55. The highest BCUT2D eigenvalue weighted by Crippen LogP contribution is 2.37. The molecule has 0 atom stereocenters. The number of nitrogens with zero attached hydrogens (tertiary/aromatic N) is 8. The Kier molecular flexibility index (Phi) is 6.52. The van der Waals surface area contributed by atoms with Gasteiger partial charge >= 0.3 is 0 Å². The van der Waals surface area contributed by atoms with Gasteiger partial charge in [-0.15, -0.1) is 5.10 Å². The SMILES string of the molecule is CCc1c(N2CCN(C(=O)c3ncnc(C)c3O)CC2)c(=O)n2nc(-c3ccc4c(c3)COC4(C)C)nc2n1CC. The Labute approximate surface area is 237 Å². The maximum Gasteiger partial charge on any atom is 0.299 e. The van der Waals surface area contributed by atoms with Crippen molar-refractivity contribution in [2.75, 3.05) is 31.1 Å². The van der Waals surface area contributed by atoms with Crippen LogP contribution in [0.25, 0.3) is 17.2 Å². The summed E-state index contributed by atoms with van der Waals surface area (Å²) in [5, 5.41) is 15.0. The summed E-state index contributed by atoms with van der Waals surface area (Å²) in [6.45, 7) is 12.6. The lowest BCUT2D eigenvalue weighted by molar-refractivity contribution is -0.00789. The van der Waals surface area contributed by atoms with Gasteiger partial charge in [0, 0.05) is 44.0 Å². The van der Waals surface area contributed by atoms with Crippen LogP contribution in [0.2, 0.25) is 0 Å². The number of ether oxygens (including phenoxy) is 1. The minimum absolute atomic E-state index is 0.00761. The largest absolute Gasteiger partial charge is 0.504 e. The molecule has 1 saturated heterocycles. The van der Waals surface area contributed by atoms with Gasteiger partial charge < -0.3 is 24.2 Å². The molecular weight excluding hydrogens is 524 g/mol. The number of aryl methyl sites for hydroxylation is 2. The van der Waals surface area contributed by atoms with Gasteiger partial charge in [0.25, 0.3) is 11.5 Å². The van der Waals surface area contributed by atoms with Crippen LogP contribution < -0.4 is 10.5 Å². The van der Waals surface area contributed by atoms with E-state index in [1.165, 1.54) is 10.8 Å². The first kappa shape index (κ1) is 26.9. The molecule has 41 heavy (non-hydrogen) atoms. The second-order valence-electron chi connectivity index (χ2n) is 11.0. The number of carbonyl (C=O) groups is 1. The molecule has 1 fully saturated rings. The summed E-state index contributed by atoms with van der Waals surface area (Å²) in [4.78, 5) is 43.5. The van der Waals surface area contributed by atoms with Gasteiger partial charge in [0.05, 0.1) is 17.9 Å². The van der Waals surface area contributed by atoms with Gasteiger partial charge in [-0.3, -0.25) is 9.59 Å². The third kappa shape index (κ3) is 4.33. The third-order valence-corrected chi connectivity index (χ3v) is 8.17. The molecule has 1 aromatic carbocycles. The van der Waals surface area contributed by atoms with Crippen molar-refractivity contribution in [1.29, 1.82) is 0 Å². The molecule has 0 saturated carbocycles. The fourth-order valence-corrected chi connectivity index (χ4v) is 5.90. The van der Waals surface area contributed by atoms with Crippen molar-refractivity contribution >= 4 is 17.4 Å². The van der Waals surface area contributed by atoms with Crippen LogP contribution in [0, 0.1) is 6.92 Å². The molecule has 1 amide bonds. The van der Waals surface area contributed by atoms with E-state index in [0.717, 1.165) is 22.4 Å². The Morgan fingerprint density at radius 3 is 2.59 bits per heavy atom. The summed E-state index contributed by atoms with van der Waals surface area (Å²) in [5.74, 6) is 0.444. The van der Waals surface area contributed by atoms with Crippen LogP contribution in [0.1, 0.15) is 60.7 Å². The van der Waals surface area contributed by atoms with Gasteiger partial charge in [0.2, 0.25) is 5.78 Å². The summed E-state index contributed by atoms with van der Waals surface area (Å²) in [5.41, 5.74) is 4.34. The molecule has 4 aromatic rings. The Morgan fingerprint density at radius 1 is 1.12 bits per heavy atom. The van der Waals surface area contributed by atoms with Gasteiger partial charge in [-0.05, 0) is 51.3 Å². The third-order valence-electron chi connectivity index (χ3n) is 8.17. The van der Waals surface area contributed by atoms with Crippen LogP contribution in [0.15, 0.2) is 29.3 Å². The lowest BCUT2D eigenvalue weighted by atomic mass is 9.94. The van der Waals surface area contributed by atoms with Crippen molar-refractivity contribution in [3.8, 4) is 17.1 Å². The zero-order chi connectivity index (χ0) is 29.1. The quantitative estimate of drug-likeness (QED) is 0.393. The van der Waals surface area contributed by atoms with Crippen LogP contribution >= 0.6 is 0 Å². The summed E-state index contributed by atoms with van der Waals surface area (Å²) < 4.78 is 9.39. The number of rotatable bonds is 5. The molecule has 5 heterocycles. The number of anilines is 1. The first-order valence-electron chi connectivity index (χ1n) is 14.0. The van der Waals surface area contributed by atoms with E-state index in [1.807, 2.05) is 29.4 Å². The molecule has 1 N–H and O–H groups in total. The van der Waals surface area contributed by atoms with Crippen molar-refractivity contribution in [1.82, 2.24) is 34.0 Å². The fraction of sp³-hybridized carbons (Fsp3) is 0.448. The first-order valence-corrected chi connectivity index (χ1v) is 14.0. The number of aromatic hydroxyl groups is 1. The van der Waals surface area contributed by atoms with Crippen molar-refractivity contribution in [2.45, 2.75) is 59.8 Å². The number of hydrogen-bond acceptors (Lipinski definition) is 9. The summed E-state index contributed by atoms with van der Waals surface area (Å²) in [7, 11) is 0. The zero-order valence-corrected chi connectivity index (χ0v) is 24.0. The zero-order valence-electron chi connectivity index (χ0n) is 24.0. The van der Waals surface area contributed by atoms with Gasteiger partial charge in [0.15, 0.2) is 17.3 Å². The molecule has 0 unspecified atom stereocenters. The Hall–Kier alpha value is -4.32. The van der Waals surface area contributed by atoms with E-state index >= 15 is 0 Å². The second-order valence-corrected chi connectivity index (χ2v) is 11.0. The minimum atomic E-state index is -0.353. The van der Waals surface area contributed by atoms with E-state index in [1.54, 1.807) is 11.8 Å². The number of piperazine rings is 1. The Balaban J connectivity index is 1.34. The van der Waals surface area contributed by atoms with Crippen LogP contribution in [0.4, 0.5) is 5.69 Å². The van der Waals surface area contributed by atoms with E-state index in [-0.39, 0.29) is 28.5 Å². The van der Waals surface area contributed by atoms with Gasteiger partial charge in [-0.2, -0.15) is 9.50 Å². The van der Waals surface area contributed by atoms with Gasteiger partial charge in [0.1, 0.15) is 12.0 Å². The molecule has 0 spiro atoms. The Bertz CT molecular complexity index is 1730. The first-order chi connectivity index (χ1) is 19.6. The normalized spacial score (nSPS) is 16.4. The molecule has 2 aliphatic rings. The number of hydrogen-bond donors (Lipinski definition) is 1. The highest BCUT2D eigenvalue weighted by molar-refractivity contribution is 5.95. The number of amides is 1. The summed E-state index contributed by atoms with van der Waals surface area (Å²) in [6.07, 6.45) is 1.91. The topological polar surface area (TPSA) is 131 Å². The molecule has 12 heteroatoms. The number of aromatic nitrogens is 6. The van der Waals surface area contributed by atoms with Crippen LogP contribution in [-0.4, -0.2) is 71.2 Å². The molecule has 12 nitrogen and oxygen atoms in total. The number of carbonyl (C=O) groups excluding carboxylic acids is 1. The van der Waals surface area contributed by atoms with Crippen LogP contribution in [0.3, 0.4) is 0 Å². The molecule has 6 rings (SSSR count). The van der Waals surface area contributed by atoms with Crippen molar-refractivity contribution in [3.05, 3.63) is 63.1 Å². The molecule has 0 radical (unpaired) electrons. The lowest BCUT2D eigenvalue weighted by Gasteiger charge is -2.36. The van der Waals surface area contributed by atoms with E-state index < -0.39 is 0 Å². The lowest BCUT2D eigenvalue weighted by Crippen LogP contribution is -2.51. The maximum absolute atomic E-state index is 14.0. The van der Waals surface area contributed by atoms with Crippen molar-refractivity contribution < 1.29 is 14.6 Å². The number of benzene rings is 1. The molecular formula is C29H34N8O4. The predicted molar refractivity (Wildman–Crippen MR) is 152 cm³/mol. The van der Waals surface area contributed by atoms with Gasteiger partial charge in [-0.25, -0.2) is 9.97 Å². The molecule has 214 valence electrons. The minimum Gasteiger partial charge on any atom is -0.504 e. The van der Waals surface area contributed by atoms with Crippen molar-refractivity contribution in [3.63, 3.8) is 0 Å². The molecule has 3 aromatic heterocycles. The van der Waals surface area contributed by atoms with E-state index in [2.05, 4.69) is 41.0 Å². The highest BCUT2D eigenvalue weighted by atomic mass is 16.5. The van der Waals surface area contributed by atoms with Crippen LogP contribution in [-0.2, 0) is 29.9 Å². The summed E-state index contributed by atoms with van der Waals surface area (Å²) in [6, 6.07) is 6.09. The fourth-order valence-electron chi connectivity index (χ4n) is 5.90. The molecule has 0 bridgehead atoms. The predicted octanol–water partition coefficient (Wildman–Crippen LogP) is 2.67. The standard InChI is InChI=1S/C29H34N8O4/c1-6-21-23(34-10-12-35(13-11-34)26(39)22-24(38)17(3)30-16-31-22)27(40)37-28(36(21)7-2)32-25(33-37)18-8-9-20-19(14-18)15-41-29(20,4)5/h8-9,14,16,38H,6-7,10-13,15H2,1-5H3. The Morgan fingerprint density at radius 2 is 1.88 bits per heavy atom. The molecule has 2 aliphatic heterocycles. The van der Waals surface area contributed by atoms with E-state index in [4.69, 9.17) is 9.72 Å². The smallest absolute Gasteiger partial charge is 0.299 e. The van der Waals surface area contributed by atoms with E-state index in [9.17, 15) is 14.7 Å². The second kappa shape index (κ2) is 9.95. The number of fused-ring (bicyclic) bond motifs is 2. The van der Waals surface area contributed by atoms with Crippen molar-refractivity contribution in [2.24, 2.45) is 0 Å². The van der Waals surface area contributed by atoms with Gasteiger partial charge in [-0.1, -0.05) is 19.1 Å². The maximum atomic E-state index is 14.0.